The number of benzene rings is 1. The second-order valence-corrected chi connectivity index (χ2v) is 7.82. The van der Waals surface area contributed by atoms with E-state index < -0.39 is 0 Å². The number of hydrogen-bond acceptors (Lipinski definition) is 7. The summed E-state index contributed by atoms with van der Waals surface area (Å²) in [5.74, 6) is 1.40. The van der Waals surface area contributed by atoms with Gasteiger partial charge in [0.1, 0.15) is 30.3 Å². The van der Waals surface area contributed by atoms with Crippen molar-refractivity contribution in [1.82, 2.24) is 34.2 Å². The summed E-state index contributed by atoms with van der Waals surface area (Å²) in [5.41, 5.74) is 4.75. The largest absolute Gasteiger partial charge is 0.489 e. The minimum atomic E-state index is -0.235. The lowest BCUT2D eigenvalue weighted by Gasteiger charge is -2.13. The Balaban J connectivity index is 1.25. The molecule has 31 heavy (non-hydrogen) atoms. The maximum atomic E-state index is 14.6. The van der Waals surface area contributed by atoms with E-state index in [1.54, 1.807) is 29.3 Å². The molecule has 1 saturated carbocycles. The number of fused-ring (bicyclic) bond motifs is 5. The number of pyridine rings is 1. The first-order valence-corrected chi connectivity index (χ1v) is 9.96. The van der Waals surface area contributed by atoms with Crippen LogP contribution in [0.3, 0.4) is 0 Å². The average Bonchev–Trinajstić information content (AvgIpc) is 3.18. The van der Waals surface area contributed by atoms with Crippen molar-refractivity contribution in [2.45, 2.75) is 25.0 Å². The molecular formula is C21H15FN8O. The average molecular weight is 414 g/mol. The Kier molecular flexibility index (Phi) is 3.21. The van der Waals surface area contributed by atoms with Crippen LogP contribution in [0.25, 0.3) is 22.4 Å². The van der Waals surface area contributed by atoms with Gasteiger partial charge in [-0.15, -0.1) is 20.4 Å². The molecular weight excluding hydrogens is 399 g/mol. The molecule has 0 amide bonds. The molecule has 0 saturated heterocycles. The van der Waals surface area contributed by atoms with Gasteiger partial charge < -0.3 is 10.1 Å². The number of ether oxygens (including phenoxy) is 1. The van der Waals surface area contributed by atoms with Gasteiger partial charge in [0.05, 0.1) is 0 Å². The molecule has 1 aromatic carbocycles. The minimum absolute atomic E-state index is 0.209. The van der Waals surface area contributed by atoms with E-state index in [1.807, 2.05) is 22.7 Å². The van der Waals surface area contributed by atoms with Crippen LogP contribution in [0.2, 0.25) is 0 Å². The van der Waals surface area contributed by atoms with E-state index in [2.05, 4.69) is 30.7 Å². The summed E-state index contributed by atoms with van der Waals surface area (Å²) < 4.78 is 24.1. The highest BCUT2D eigenvalue weighted by Gasteiger charge is 2.49. The van der Waals surface area contributed by atoms with Crippen molar-refractivity contribution in [2.75, 3.05) is 5.32 Å². The summed E-state index contributed by atoms with van der Waals surface area (Å²) in [5, 5.41) is 19.5. The van der Waals surface area contributed by atoms with Gasteiger partial charge in [0.25, 0.3) is 0 Å². The van der Waals surface area contributed by atoms with Crippen molar-refractivity contribution in [3.05, 3.63) is 66.3 Å². The normalized spacial score (nSPS) is 18.7. The molecule has 1 N–H and O–H groups in total. The smallest absolute Gasteiger partial charge is 0.210 e. The number of hydrogen-bond donors (Lipinski definition) is 1. The van der Waals surface area contributed by atoms with Gasteiger partial charge in [-0.3, -0.25) is 8.80 Å². The van der Waals surface area contributed by atoms with Crippen molar-refractivity contribution < 1.29 is 9.13 Å². The van der Waals surface area contributed by atoms with Crippen LogP contribution in [0, 0.1) is 5.82 Å². The third-order valence-electron chi connectivity index (χ3n) is 6.00. The lowest BCUT2D eigenvalue weighted by molar-refractivity contribution is 0.318. The van der Waals surface area contributed by atoms with E-state index in [9.17, 15) is 4.39 Å². The Morgan fingerprint density at radius 2 is 2.06 bits per heavy atom. The van der Waals surface area contributed by atoms with Crippen molar-refractivity contribution in [2.24, 2.45) is 0 Å². The molecule has 4 aromatic heterocycles. The summed E-state index contributed by atoms with van der Waals surface area (Å²) in [4.78, 5) is 4.57. The monoisotopic (exact) mass is 414 g/mol. The molecule has 152 valence electrons. The van der Waals surface area contributed by atoms with E-state index in [4.69, 9.17) is 4.74 Å². The van der Waals surface area contributed by atoms with Crippen LogP contribution in [0.15, 0.2) is 49.3 Å². The molecule has 7 rings (SSSR count). The number of rotatable bonds is 4. The zero-order valence-corrected chi connectivity index (χ0v) is 16.1. The summed E-state index contributed by atoms with van der Waals surface area (Å²) in [6.45, 7) is 0.299. The lowest BCUT2D eigenvalue weighted by Crippen LogP contribution is -2.10. The van der Waals surface area contributed by atoms with Gasteiger partial charge in [-0.05, 0) is 30.7 Å². The quantitative estimate of drug-likeness (QED) is 0.483. The molecule has 0 radical (unpaired) electrons. The number of anilines is 1. The Labute approximate surface area is 174 Å². The van der Waals surface area contributed by atoms with Crippen LogP contribution in [0.5, 0.6) is 5.75 Å². The molecule has 0 bridgehead atoms. The SMILES string of the molecule is Fc1ccc2c(c1CNc1ncc(-c3ccc4nncn4c3)c3nncn13)[C@H]1C[C@H]1O2. The van der Waals surface area contributed by atoms with Crippen molar-refractivity contribution in [1.29, 1.82) is 0 Å². The minimum Gasteiger partial charge on any atom is -0.489 e. The first-order valence-electron chi connectivity index (χ1n) is 9.96. The third-order valence-corrected chi connectivity index (χ3v) is 6.00. The zero-order valence-electron chi connectivity index (χ0n) is 16.1. The van der Waals surface area contributed by atoms with Gasteiger partial charge in [0, 0.05) is 47.1 Å². The topological polar surface area (TPSA) is 94.5 Å². The number of nitrogens with zero attached hydrogens (tertiary/aromatic N) is 7. The molecule has 0 unspecified atom stereocenters. The summed E-state index contributed by atoms with van der Waals surface area (Å²) >= 11 is 0. The molecule has 9 nitrogen and oxygen atoms in total. The number of aromatic nitrogens is 7. The molecule has 1 aliphatic heterocycles. The number of nitrogens with one attached hydrogen (secondary N) is 1. The Morgan fingerprint density at radius 3 is 3.03 bits per heavy atom. The van der Waals surface area contributed by atoms with Crippen molar-refractivity contribution >= 4 is 17.2 Å². The zero-order chi connectivity index (χ0) is 20.5. The maximum absolute atomic E-state index is 14.6. The fraction of sp³-hybridized carbons (Fsp3) is 0.190. The highest BCUT2D eigenvalue weighted by Crippen LogP contribution is 2.55. The van der Waals surface area contributed by atoms with E-state index in [-0.39, 0.29) is 11.9 Å². The molecule has 1 fully saturated rings. The van der Waals surface area contributed by atoms with E-state index in [0.29, 0.717) is 29.6 Å². The fourth-order valence-corrected chi connectivity index (χ4v) is 4.38. The summed E-state index contributed by atoms with van der Waals surface area (Å²) in [7, 11) is 0. The van der Waals surface area contributed by atoms with Gasteiger partial charge in [-0.2, -0.15) is 0 Å². The van der Waals surface area contributed by atoms with Gasteiger partial charge >= 0.3 is 0 Å². The van der Waals surface area contributed by atoms with Crippen molar-refractivity contribution in [3.63, 3.8) is 0 Å². The van der Waals surface area contributed by atoms with Crippen LogP contribution in [0.4, 0.5) is 10.3 Å². The fourth-order valence-electron chi connectivity index (χ4n) is 4.38. The first-order chi connectivity index (χ1) is 15.3. The first kappa shape index (κ1) is 16.7. The Bertz CT molecular complexity index is 1490. The predicted octanol–water partition coefficient (Wildman–Crippen LogP) is 2.83. The standard InChI is InChI=1S/C21H15FN8O/c22-15-2-3-16-19(12-5-17(12)31-16)14(15)7-24-21-23-6-13(20-28-26-10-30(20)21)11-1-4-18-27-25-9-29(18)8-11/h1-4,6,8-10,12,17H,5,7H2,(H,23,24)/t12-,17+/m0/s1. The Hall–Kier alpha value is -4.08. The third kappa shape index (κ3) is 2.44. The molecule has 0 spiro atoms. The van der Waals surface area contributed by atoms with E-state index in [0.717, 1.165) is 34.5 Å². The van der Waals surface area contributed by atoms with Gasteiger partial charge in [0.2, 0.25) is 5.95 Å². The molecule has 2 aliphatic rings. The Morgan fingerprint density at radius 1 is 1.13 bits per heavy atom. The molecule has 10 heteroatoms. The van der Waals surface area contributed by atoms with E-state index >= 15 is 0 Å². The summed E-state index contributed by atoms with van der Waals surface area (Å²) in [6.07, 6.45) is 8.07. The molecule has 1 aliphatic carbocycles. The molecule has 5 aromatic rings. The summed E-state index contributed by atoms with van der Waals surface area (Å²) in [6, 6.07) is 7.01. The van der Waals surface area contributed by atoms with Crippen LogP contribution in [-0.4, -0.2) is 40.3 Å². The lowest BCUT2D eigenvalue weighted by atomic mass is 10.0. The maximum Gasteiger partial charge on any atom is 0.210 e. The van der Waals surface area contributed by atoms with Crippen LogP contribution >= 0.6 is 0 Å². The van der Waals surface area contributed by atoms with Gasteiger partial charge in [-0.25, -0.2) is 9.37 Å². The van der Waals surface area contributed by atoms with Gasteiger partial charge in [0.15, 0.2) is 11.3 Å². The van der Waals surface area contributed by atoms with Crippen LogP contribution < -0.4 is 10.1 Å². The van der Waals surface area contributed by atoms with Crippen molar-refractivity contribution in [3.8, 4) is 16.9 Å². The molecule has 5 heterocycles. The highest BCUT2D eigenvalue weighted by atomic mass is 19.1. The van der Waals surface area contributed by atoms with Gasteiger partial charge in [-0.1, -0.05) is 0 Å². The second kappa shape index (κ2) is 5.97. The second-order valence-electron chi connectivity index (χ2n) is 7.82. The van der Waals surface area contributed by atoms with Crippen LogP contribution in [-0.2, 0) is 6.54 Å². The molecule has 2 atom stereocenters. The number of halogens is 1. The predicted molar refractivity (Wildman–Crippen MR) is 108 cm³/mol. The van der Waals surface area contributed by atoms with E-state index in [1.165, 1.54) is 6.07 Å². The van der Waals surface area contributed by atoms with Crippen LogP contribution in [0.1, 0.15) is 23.5 Å². The highest BCUT2D eigenvalue weighted by molar-refractivity contribution is 5.77.